The summed E-state index contributed by atoms with van der Waals surface area (Å²) in [6, 6.07) is 5.61. The second-order valence-corrected chi connectivity index (χ2v) is 4.77. The molecule has 0 spiro atoms. The van der Waals surface area contributed by atoms with Crippen molar-refractivity contribution in [1.29, 1.82) is 0 Å². The van der Waals surface area contributed by atoms with Gasteiger partial charge in [0.1, 0.15) is 0 Å². The van der Waals surface area contributed by atoms with Crippen molar-refractivity contribution in [3.05, 3.63) is 33.8 Å². The Kier molecular flexibility index (Phi) is 5.20. The van der Waals surface area contributed by atoms with Crippen LogP contribution in [0.15, 0.2) is 18.2 Å². The van der Waals surface area contributed by atoms with Gasteiger partial charge in [-0.05, 0) is 36.1 Å². The maximum atomic E-state index is 5.96. The van der Waals surface area contributed by atoms with Gasteiger partial charge in [0.2, 0.25) is 0 Å². The summed E-state index contributed by atoms with van der Waals surface area (Å²) in [6.07, 6.45) is 0. The highest BCUT2D eigenvalue weighted by Gasteiger charge is 2.17. The van der Waals surface area contributed by atoms with E-state index in [0.717, 1.165) is 5.56 Å². The zero-order valence-corrected chi connectivity index (χ0v) is 10.8. The van der Waals surface area contributed by atoms with Gasteiger partial charge in [-0.15, -0.1) is 11.6 Å². The molecule has 0 saturated carbocycles. The lowest BCUT2D eigenvalue weighted by atomic mass is 9.88. The highest BCUT2D eigenvalue weighted by Crippen LogP contribution is 2.30. The molecule has 0 unspecified atom stereocenters. The van der Waals surface area contributed by atoms with Crippen LogP contribution in [0, 0.1) is 5.92 Å². The van der Waals surface area contributed by atoms with Gasteiger partial charge in [-0.25, -0.2) is 0 Å². The fourth-order valence-electron chi connectivity index (χ4n) is 1.55. The molecule has 0 heterocycles. The maximum absolute atomic E-state index is 5.96. The van der Waals surface area contributed by atoms with Crippen LogP contribution in [0.1, 0.15) is 18.4 Å². The summed E-state index contributed by atoms with van der Waals surface area (Å²) < 4.78 is 0. The first kappa shape index (κ1) is 13.1. The maximum Gasteiger partial charge on any atom is 0.0595 e. The molecule has 4 heteroatoms. The summed E-state index contributed by atoms with van der Waals surface area (Å²) in [5, 5.41) is 1.13. The van der Waals surface area contributed by atoms with Gasteiger partial charge in [0.25, 0.3) is 0 Å². The fraction of sp³-hybridized carbons (Fsp3) is 0.455. The molecule has 1 aromatic carbocycles. The monoisotopic (exact) mass is 265 g/mol. The Morgan fingerprint density at radius 2 is 1.93 bits per heavy atom. The third kappa shape index (κ3) is 3.25. The van der Waals surface area contributed by atoms with E-state index in [4.69, 9.17) is 40.5 Å². The Hall–Kier alpha value is 0.0500. The molecule has 0 bridgehead atoms. The molecule has 0 fully saturated rings. The number of nitrogens with two attached hydrogens (primary N) is 1. The molecule has 0 amide bonds. The van der Waals surface area contributed by atoms with Crippen LogP contribution >= 0.6 is 34.8 Å². The molecule has 0 aliphatic heterocycles. The molecule has 1 rings (SSSR count). The zero-order valence-electron chi connectivity index (χ0n) is 8.51. The Bertz CT molecular complexity index is 328. The first-order chi connectivity index (χ1) is 7.10. The van der Waals surface area contributed by atoms with Gasteiger partial charge in [0.05, 0.1) is 10.0 Å². The van der Waals surface area contributed by atoms with E-state index >= 15 is 0 Å². The van der Waals surface area contributed by atoms with Gasteiger partial charge in [-0.3, -0.25) is 0 Å². The molecule has 0 aliphatic rings. The van der Waals surface area contributed by atoms with Crippen LogP contribution in [-0.2, 0) is 0 Å². The van der Waals surface area contributed by atoms with Crippen molar-refractivity contribution in [3.8, 4) is 0 Å². The molecule has 0 aromatic heterocycles. The Morgan fingerprint density at radius 1 is 1.27 bits per heavy atom. The number of alkyl halides is 1. The summed E-state index contributed by atoms with van der Waals surface area (Å²) >= 11 is 17.6. The fourth-order valence-corrected chi connectivity index (χ4v) is 2.07. The van der Waals surface area contributed by atoms with Gasteiger partial charge in [0.15, 0.2) is 0 Å². The van der Waals surface area contributed by atoms with Gasteiger partial charge >= 0.3 is 0 Å². The Labute approximate surface area is 106 Å². The lowest BCUT2D eigenvalue weighted by Crippen LogP contribution is -2.20. The topological polar surface area (TPSA) is 26.0 Å². The number of benzene rings is 1. The number of halogens is 3. The minimum atomic E-state index is 0.234. The smallest absolute Gasteiger partial charge is 0.0595 e. The zero-order chi connectivity index (χ0) is 11.4. The number of hydrogen-bond donors (Lipinski definition) is 1. The predicted molar refractivity (Wildman–Crippen MR) is 68.1 cm³/mol. The van der Waals surface area contributed by atoms with E-state index in [-0.39, 0.29) is 5.92 Å². The van der Waals surface area contributed by atoms with Crippen molar-refractivity contribution in [1.82, 2.24) is 0 Å². The number of rotatable bonds is 4. The van der Waals surface area contributed by atoms with Gasteiger partial charge in [-0.2, -0.15) is 0 Å². The summed E-state index contributed by atoms with van der Waals surface area (Å²) in [6.45, 7) is 2.64. The van der Waals surface area contributed by atoms with Crippen LogP contribution in [0.4, 0.5) is 0 Å². The Balaban J connectivity index is 2.97. The molecule has 15 heavy (non-hydrogen) atoms. The van der Waals surface area contributed by atoms with Crippen LogP contribution in [0.5, 0.6) is 0 Å². The van der Waals surface area contributed by atoms with Crippen molar-refractivity contribution in [2.75, 3.05) is 12.4 Å². The average molecular weight is 267 g/mol. The van der Waals surface area contributed by atoms with Crippen molar-refractivity contribution < 1.29 is 0 Å². The minimum Gasteiger partial charge on any atom is -0.330 e. The second-order valence-electron chi connectivity index (χ2n) is 3.65. The van der Waals surface area contributed by atoms with E-state index in [1.54, 1.807) is 6.07 Å². The van der Waals surface area contributed by atoms with Crippen LogP contribution in [0.25, 0.3) is 0 Å². The highest BCUT2D eigenvalue weighted by molar-refractivity contribution is 6.42. The van der Waals surface area contributed by atoms with Crippen LogP contribution in [0.3, 0.4) is 0 Å². The summed E-state index contributed by atoms with van der Waals surface area (Å²) in [7, 11) is 0. The number of hydrogen-bond acceptors (Lipinski definition) is 1. The predicted octanol–water partition coefficient (Wildman–Crippen LogP) is 3.91. The molecule has 1 nitrogen and oxygen atoms in total. The van der Waals surface area contributed by atoms with Gasteiger partial charge in [0, 0.05) is 5.88 Å². The molecular formula is C11H14Cl3N. The first-order valence-electron chi connectivity index (χ1n) is 4.81. The van der Waals surface area contributed by atoms with E-state index in [2.05, 4.69) is 6.92 Å². The summed E-state index contributed by atoms with van der Waals surface area (Å²) in [4.78, 5) is 0. The van der Waals surface area contributed by atoms with E-state index in [0.29, 0.717) is 28.4 Å². The third-order valence-electron chi connectivity index (χ3n) is 2.56. The van der Waals surface area contributed by atoms with Crippen molar-refractivity contribution in [2.45, 2.75) is 12.8 Å². The second kappa shape index (κ2) is 5.95. The molecule has 2 atom stereocenters. The molecule has 0 aliphatic carbocycles. The van der Waals surface area contributed by atoms with E-state index < -0.39 is 0 Å². The first-order valence-corrected chi connectivity index (χ1v) is 6.10. The molecule has 1 aromatic rings. The lowest BCUT2D eigenvalue weighted by Gasteiger charge is -2.21. The Morgan fingerprint density at radius 3 is 2.40 bits per heavy atom. The third-order valence-corrected chi connectivity index (χ3v) is 3.78. The van der Waals surface area contributed by atoms with Crippen molar-refractivity contribution >= 4 is 34.8 Å². The van der Waals surface area contributed by atoms with E-state index in [1.807, 2.05) is 12.1 Å². The SMILES string of the molecule is C[C@@H](CCl)[C@@H](CN)c1ccc(Cl)c(Cl)c1. The molecule has 0 saturated heterocycles. The van der Waals surface area contributed by atoms with Gasteiger partial charge < -0.3 is 5.73 Å². The van der Waals surface area contributed by atoms with Crippen LogP contribution in [-0.4, -0.2) is 12.4 Å². The normalized spacial score (nSPS) is 15.0. The molecular weight excluding hydrogens is 252 g/mol. The highest BCUT2D eigenvalue weighted by atomic mass is 35.5. The van der Waals surface area contributed by atoms with Crippen molar-refractivity contribution in [2.24, 2.45) is 11.7 Å². The lowest BCUT2D eigenvalue weighted by molar-refractivity contribution is 0.511. The molecule has 0 radical (unpaired) electrons. The quantitative estimate of drug-likeness (QED) is 0.822. The van der Waals surface area contributed by atoms with E-state index in [1.165, 1.54) is 0 Å². The minimum absolute atomic E-state index is 0.234. The standard InChI is InChI=1S/C11H14Cl3N/c1-7(5-12)9(6-15)8-2-3-10(13)11(14)4-8/h2-4,7,9H,5-6,15H2,1H3/t7-,9+/m0/s1. The average Bonchev–Trinajstić information content (AvgIpc) is 2.24. The molecule has 84 valence electrons. The van der Waals surface area contributed by atoms with Gasteiger partial charge in [-0.1, -0.05) is 36.2 Å². The van der Waals surface area contributed by atoms with Crippen LogP contribution in [0.2, 0.25) is 10.0 Å². The van der Waals surface area contributed by atoms with Crippen LogP contribution < -0.4 is 5.73 Å². The molecule has 2 N–H and O–H groups in total. The largest absolute Gasteiger partial charge is 0.330 e. The summed E-state index contributed by atoms with van der Waals surface area (Å²) in [5.41, 5.74) is 6.83. The van der Waals surface area contributed by atoms with Crippen molar-refractivity contribution in [3.63, 3.8) is 0 Å². The summed E-state index contributed by atoms with van der Waals surface area (Å²) in [5.74, 6) is 1.15. The van der Waals surface area contributed by atoms with E-state index in [9.17, 15) is 0 Å².